The fourth-order valence-corrected chi connectivity index (χ4v) is 3.28. The van der Waals surface area contributed by atoms with Crippen molar-refractivity contribution in [3.8, 4) is 0 Å². The highest BCUT2D eigenvalue weighted by molar-refractivity contribution is 6.31. The average molecular weight is 292 g/mol. The van der Waals surface area contributed by atoms with Gasteiger partial charge in [-0.05, 0) is 49.8 Å². The van der Waals surface area contributed by atoms with Crippen LogP contribution in [0, 0.1) is 5.92 Å². The third-order valence-corrected chi connectivity index (χ3v) is 4.25. The summed E-state index contributed by atoms with van der Waals surface area (Å²) in [7, 11) is 0. The van der Waals surface area contributed by atoms with E-state index in [1.54, 1.807) is 0 Å². The molecule has 0 radical (unpaired) electrons. The molecule has 3 nitrogen and oxygen atoms in total. The quantitative estimate of drug-likeness (QED) is 0.872. The second-order valence-corrected chi connectivity index (χ2v) is 5.83. The largest absolute Gasteiger partial charge is 0.466 e. The van der Waals surface area contributed by atoms with Crippen LogP contribution in [0.25, 0.3) is 10.9 Å². The fourth-order valence-electron chi connectivity index (χ4n) is 3.11. The molecule has 4 heteroatoms. The number of halogens is 1. The van der Waals surface area contributed by atoms with Gasteiger partial charge in [0.2, 0.25) is 0 Å². The number of H-pyrrole nitrogens is 1. The fraction of sp³-hybridized carbons (Fsp3) is 0.438. The van der Waals surface area contributed by atoms with Gasteiger partial charge in [0.15, 0.2) is 0 Å². The van der Waals surface area contributed by atoms with Crippen molar-refractivity contribution in [2.75, 3.05) is 6.61 Å². The highest BCUT2D eigenvalue weighted by Gasteiger charge is 2.24. The van der Waals surface area contributed by atoms with Gasteiger partial charge in [-0.3, -0.25) is 4.79 Å². The van der Waals surface area contributed by atoms with E-state index in [2.05, 4.69) is 11.1 Å². The first-order chi connectivity index (χ1) is 9.67. The number of esters is 1. The Hall–Kier alpha value is -1.48. The van der Waals surface area contributed by atoms with Crippen LogP contribution in [0.1, 0.15) is 31.0 Å². The molecule has 1 atom stereocenters. The maximum absolute atomic E-state index is 11.6. The Balaban J connectivity index is 1.81. The van der Waals surface area contributed by atoms with E-state index in [1.165, 1.54) is 16.6 Å². The van der Waals surface area contributed by atoms with Crippen LogP contribution in [0.2, 0.25) is 5.02 Å². The molecule has 0 fully saturated rings. The Morgan fingerprint density at radius 2 is 2.35 bits per heavy atom. The number of ether oxygens (including phenoxy) is 1. The molecule has 20 heavy (non-hydrogen) atoms. The molecule has 1 unspecified atom stereocenters. The van der Waals surface area contributed by atoms with Gasteiger partial charge in [0, 0.05) is 28.0 Å². The summed E-state index contributed by atoms with van der Waals surface area (Å²) in [6.45, 7) is 2.31. The van der Waals surface area contributed by atoms with Crippen molar-refractivity contribution in [3.05, 3.63) is 34.5 Å². The lowest BCUT2D eigenvalue weighted by atomic mass is 9.85. The molecule has 0 saturated heterocycles. The molecular formula is C16H18ClNO2. The van der Waals surface area contributed by atoms with E-state index in [4.69, 9.17) is 16.3 Å². The van der Waals surface area contributed by atoms with Gasteiger partial charge in [-0.25, -0.2) is 0 Å². The van der Waals surface area contributed by atoms with E-state index in [0.29, 0.717) is 18.9 Å². The molecule has 0 saturated carbocycles. The van der Waals surface area contributed by atoms with Gasteiger partial charge >= 0.3 is 5.97 Å². The van der Waals surface area contributed by atoms with E-state index >= 15 is 0 Å². The van der Waals surface area contributed by atoms with Gasteiger partial charge in [-0.2, -0.15) is 0 Å². The van der Waals surface area contributed by atoms with Crippen molar-refractivity contribution in [1.82, 2.24) is 4.98 Å². The van der Waals surface area contributed by atoms with Crippen LogP contribution in [-0.4, -0.2) is 17.6 Å². The third-order valence-electron chi connectivity index (χ3n) is 4.01. The monoisotopic (exact) mass is 291 g/mol. The molecule has 1 aliphatic rings. The number of hydrogen-bond donors (Lipinski definition) is 1. The number of rotatable bonds is 3. The SMILES string of the molecule is CCOC(=O)CC1CCc2c([nH]c3cc(Cl)ccc23)C1. The third kappa shape index (κ3) is 2.55. The zero-order chi connectivity index (χ0) is 14.1. The van der Waals surface area contributed by atoms with Crippen molar-refractivity contribution < 1.29 is 9.53 Å². The van der Waals surface area contributed by atoms with Gasteiger partial charge in [0.1, 0.15) is 0 Å². The van der Waals surface area contributed by atoms with Crippen molar-refractivity contribution in [2.24, 2.45) is 5.92 Å². The first kappa shape index (κ1) is 13.5. The molecule has 0 bridgehead atoms. The molecular weight excluding hydrogens is 274 g/mol. The summed E-state index contributed by atoms with van der Waals surface area (Å²) in [6, 6.07) is 5.98. The molecule has 0 aliphatic heterocycles. The van der Waals surface area contributed by atoms with Gasteiger partial charge < -0.3 is 9.72 Å². The number of nitrogens with one attached hydrogen (secondary N) is 1. The number of hydrogen-bond acceptors (Lipinski definition) is 2. The molecule has 2 aromatic rings. The molecule has 3 rings (SSSR count). The number of benzene rings is 1. The highest BCUT2D eigenvalue weighted by atomic mass is 35.5. The van der Waals surface area contributed by atoms with E-state index < -0.39 is 0 Å². The summed E-state index contributed by atoms with van der Waals surface area (Å²) in [6.07, 6.45) is 3.49. The number of carbonyl (C=O) groups is 1. The molecule has 0 spiro atoms. The normalized spacial score (nSPS) is 18.0. The van der Waals surface area contributed by atoms with Gasteiger partial charge in [-0.15, -0.1) is 0 Å². The molecule has 106 valence electrons. The Morgan fingerprint density at radius 1 is 1.50 bits per heavy atom. The molecule has 1 aliphatic carbocycles. The highest BCUT2D eigenvalue weighted by Crippen LogP contribution is 2.33. The lowest BCUT2D eigenvalue weighted by Crippen LogP contribution is -2.18. The maximum Gasteiger partial charge on any atom is 0.306 e. The Bertz CT molecular complexity index is 647. The standard InChI is InChI=1S/C16H18ClNO2/c1-2-20-16(19)8-10-3-5-12-13-6-4-11(17)9-15(13)18-14(12)7-10/h4,6,9-10,18H,2-3,5,7-8H2,1H3. The summed E-state index contributed by atoms with van der Waals surface area (Å²) in [5.41, 5.74) is 3.74. The summed E-state index contributed by atoms with van der Waals surface area (Å²) < 4.78 is 5.04. The second kappa shape index (κ2) is 5.49. The summed E-state index contributed by atoms with van der Waals surface area (Å²) in [5, 5.41) is 2.01. The number of carbonyl (C=O) groups excluding carboxylic acids is 1. The van der Waals surface area contributed by atoms with E-state index in [0.717, 1.165) is 29.8 Å². The van der Waals surface area contributed by atoms with Gasteiger partial charge in [-0.1, -0.05) is 17.7 Å². The van der Waals surface area contributed by atoms with Crippen LogP contribution in [0.5, 0.6) is 0 Å². The lowest BCUT2D eigenvalue weighted by molar-refractivity contribution is -0.144. The molecule has 0 amide bonds. The molecule has 1 heterocycles. The van der Waals surface area contributed by atoms with Crippen LogP contribution in [0.3, 0.4) is 0 Å². The molecule has 1 aromatic carbocycles. The zero-order valence-electron chi connectivity index (χ0n) is 11.5. The smallest absolute Gasteiger partial charge is 0.306 e. The number of fused-ring (bicyclic) bond motifs is 3. The lowest BCUT2D eigenvalue weighted by Gasteiger charge is -2.21. The summed E-state index contributed by atoms with van der Waals surface area (Å²) >= 11 is 6.03. The summed E-state index contributed by atoms with van der Waals surface area (Å²) in [5.74, 6) is 0.296. The minimum absolute atomic E-state index is 0.0832. The Morgan fingerprint density at radius 3 is 3.15 bits per heavy atom. The van der Waals surface area contributed by atoms with Crippen molar-refractivity contribution >= 4 is 28.5 Å². The van der Waals surface area contributed by atoms with Crippen LogP contribution >= 0.6 is 11.6 Å². The topological polar surface area (TPSA) is 42.1 Å². The minimum atomic E-state index is -0.0832. The number of aryl methyl sites for hydroxylation is 1. The maximum atomic E-state index is 11.6. The van der Waals surface area contributed by atoms with E-state index in [1.807, 2.05) is 19.1 Å². The first-order valence-electron chi connectivity index (χ1n) is 7.12. The van der Waals surface area contributed by atoms with Crippen molar-refractivity contribution in [1.29, 1.82) is 0 Å². The minimum Gasteiger partial charge on any atom is -0.466 e. The predicted octanol–water partition coefficient (Wildman–Crippen LogP) is 3.88. The second-order valence-electron chi connectivity index (χ2n) is 5.39. The van der Waals surface area contributed by atoms with E-state index in [-0.39, 0.29) is 5.97 Å². The van der Waals surface area contributed by atoms with Crippen LogP contribution in [0.15, 0.2) is 18.2 Å². The van der Waals surface area contributed by atoms with Crippen molar-refractivity contribution in [2.45, 2.75) is 32.6 Å². The molecule has 1 aromatic heterocycles. The van der Waals surface area contributed by atoms with Gasteiger partial charge in [0.25, 0.3) is 0 Å². The van der Waals surface area contributed by atoms with Crippen LogP contribution < -0.4 is 0 Å². The van der Waals surface area contributed by atoms with Crippen molar-refractivity contribution in [3.63, 3.8) is 0 Å². The Kier molecular flexibility index (Phi) is 3.70. The summed E-state index contributed by atoms with van der Waals surface area (Å²) in [4.78, 5) is 15.0. The number of aromatic nitrogens is 1. The van der Waals surface area contributed by atoms with Crippen LogP contribution in [-0.2, 0) is 22.4 Å². The predicted molar refractivity (Wildman–Crippen MR) is 80.1 cm³/mol. The van der Waals surface area contributed by atoms with E-state index in [9.17, 15) is 4.79 Å². The van der Waals surface area contributed by atoms with Gasteiger partial charge in [0.05, 0.1) is 6.61 Å². The number of aromatic amines is 1. The van der Waals surface area contributed by atoms with Crippen LogP contribution in [0.4, 0.5) is 0 Å². The zero-order valence-corrected chi connectivity index (χ0v) is 12.3. The molecule has 1 N–H and O–H groups in total. The average Bonchev–Trinajstić information content (AvgIpc) is 2.75. The first-order valence-corrected chi connectivity index (χ1v) is 7.49. The Labute approximate surface area is 123 Å².